The summed E-state index contributed by atoms with van der Waals surface area (Å²) in [7, 11) is -1.45. The second kappa shape index (κ2) is 9.93. The highest BCUT2D eigenvalue weighted by Gasteiger charge is 2.30. The van der Waals surface area contributed by atoms with Crippen LogP contribution in [0.3, 0.4) is 0 Å². The molecule has 168 valence electrons. The van der Waals surface area contributed by atoms with Gasteiger partial charge in [-0.05, 0) is 35.7 Å². The molecule has 0 fully saturated rings. The zero-order chi connectivity index (χ0) is 23.3. The van der Waals surface area contributed by atoms with Gasteiger partial charge < -0.3 is 5.32 Å². The molecule has 0 saturated carbocycles. The van der Waals surface area contributed by atoms with Gasteiger partial charge in [-0.2, -0.15) is 12.7 Å². The number of aryl methyl sites for hydroxylation is 1. The van der Waals surface area contributed by atoms with Gasteiger partial charge in [-0.1, -0.05) is 66.7 Å². The fraction of sp³-hybridized carbons (Fsp3) is 0.208. The zero-order valence-electron chi connectivity index (χ0n) is 18.2. The molecule has 3 aromatic carbocycles. The van der Waals surface area contributed by atoms with Crippen LogP contribution in [0.25, 0.3) is 0 Å². The van der Waals surface area contributed by atoms with Crippen LogP contribution in [-0.4, -0.2) is 39.3 Å². The van der Waals surface area contributed by atoms with Crippen molar-refractivity contribution in [2.45, 2.75) is 13.0 Å². The van der Waals surface area contributed by atoms with E-state index in [9.17, 15) is 17.6 Å². The Morgan fingerprint density at radius 2 is 1.53 bits per heavy atom. The minimum atomic E-state index is -4.12. The highest BCUT2D eigenvalue weighted by molar-refractivity contribution is 7.90. The van der Waals surface area contributed by atoms with E-state index in [1.807, 2.05) is 61.5 Å². The third kappa shape index (κ3) is 5.15. The average molecular weight is 456 g/mol. The summed E-state index contributed by atoms with van der Waals surface area (Å²) in [5, 5.41) is 2.94. The Labute approximate surface area is 188 Å². The lowest BCUT2D eigenvalue weighted by molar-refractivity contribution is -0.120. The van der Waals surface area contributed by atoms with Crippen molar-refractivity contribution in [1.82, 2.24) is 9.62 Å². The SMILES string of the molecule is Cc1ccccc1[C@H](NC(=O)CN(c1ccccc1F)S(=O)(=O)N(C)C)c1ccccc1. The first kappa shape index (κ1) is 23.4. The first-order valence-corrected chi connectivity index (χ1v) is 11.5. The number of hydrogen-bond acceptors (Lipinski definition) is 3. The Morgan fingerprint density at radius 3 is 2.16 bits per heavy atom. The first-order chi connectivity index (χ1) is 15.2. The predicted octanol–water partition coefficient (Wildman–Crippen LogP) is 3.65. The number of nitrogens with one attached hydrogen (secondary N) is 1. The van der Waals surface area contributed by atoms with Crippen LogP contribution in [0.1, 0.15) is 22.7 Å². The van der Waals surface area contributed by atoms with Crippen molar-refractivity contribution in [2.75, 3.05) is 24.9 Å². The molecule has 0 aliphatic carbocycles. The van der Waals surface area contributed by atoms with Crippen molar-refractivity contribution in [2.24, 2.45) is 0 Å². The fourth-order valence-corrected chi connectivity index (χ4v) is 4.45. The molecule has 0 bridgehead atoms. The number of anilines is 1. The van der Waals surface area contributed by atoms with Crippen molar-refractivity contribution in [3.63, 3.8) is 0 Å². The molecule has 0 aliphatic rings. The number of nitrogens with zero attached hydrogens (tertiary/aromatic N) is 2. The number of amides is 1. The standard InChI is InChI=1S/C24H26FN3O3S/c1-18-11-7-8-14-20(18)24(19-12-5-4-6-13-19)26-23(29)17-28(32(30,31)27(2)3)22-16-10-9-15-21(22)25/h4-16,24H,17H2,1-3H3,(H,26,29)/t24-/m1/s1. The van der Waals surface area contributed by atoms with Gasteiger partial charge in [0.25, 0.3) is 0 Å². The minimum Gasteiger partial charge on any atom is -0.344 e. The molecular weight excluding hydrogens is 429 g/mol. The van der Waals surface area contributed by atoms with E-state index in [1.54, 1.807) is 0 Å². The quantitative estimate of drug-likeness (QED) is 0.564. The molecule has 0 aliphatic heterocycles. The number of halogens is 1. The predicted molar refractivity (Wildman–Crippen MR) is 124 cm³/mol. The van der Waals surface area contributed by atoms with Crippen LogP contribution >= 0.6 is 0 Å². The van der Waals surface area contributed by atoms with Gasteiger partial charge in [-0.15, -0.1) is 0 Å². The lowest BCUT2D eigenvalue weighted by Crippen LogP contribution is -2.46. The molecule has 6 nitrogen and oxygen atoms in total. The topological polar surface area (TPSA) is 69.7 Å². The molecule has 0 aromatic heterocycles. The van der Waals surface area contributed by atoms with Gasteiger partial charge in [-0.3, -0.25) is 4.79 Å². The Morgan fingerprint density at radius 1 is 0.938 bits per heavy atom. The fourth-order valence-electron chi connectivity index (χ4n) is 3.38. The van der Waals surface area contributed by atoms with Crippen LogP contribution in [0.5, 0.6) is 0 Å². The molecule has 0 spiro atoms. The van der Waals surface area contributed by atoms with E-state index in [0.717, 1.165) is 31.4 Å². The summed E-state index contributed by atoms with van der Waals surface area (Å²) >= 11 is 0. The average Bonchev–Trinajstić information content (AvgIpc) is 2.77. The Bertz CT molecular complexity index is 1180. The Kier molecular flexibility index (Phi) is 7.27. The summed E-state index contributed by atoms with van der Waals surface area (Å²) in [6, 6.07) is 22.0. The third-order valence-electron chi connectivity index (χ3n) is 5.09. The second-order valence-electron chi connectivity index (χ2n) is 7.52. The van der Waals surface area contributed by atoms with Crippen molar-refractivity contribution in [3.8, 4) is 0 Å². The van der Waals surface area contributed by atoms with Gasteiger partial charge >= 0.3 is 10.2 Å². The number of hydrogen-bond donors (Lipinski definition) is 1. The maximum absolute atomic E-state index is 14.5. The van der Waals surface area contributed by atoms with E-state index < -0.39 is 34.5 Å². The van der Waals surface area contributed by atoms with E-state index >= 15 is 0 Å². The summed E-state index contributed by atoms with van der Waals surface area (Å²) < 4.78 is 42.0. The van der Waals surface area contributed by atoms with E-state index in [0.29, 0.717) is 0 Å². The molecule has 1 amide bonds. The molecular formula is C24H26FN3O3S. The molecule has 3 rings (SSSR count). The lowest BCUT2D eigenvalue weighted by Gasteiger charge is -2.28. The number of rotatable bonds is 8. The summed E-state index contributed by atoms with van der Waals surface area (Å²) in [4.78, 5) is 13.1. The normalized spacial score (nSPS) is 12.4. The maximum atomic E-state index is 14.5. The zero-order valence-corrected chi connectivity index (χ0v) is 19.0. The van der Waals surface area contributed by atoms with E-state index in [4.69, 9.17) is 0 Å². The summed E-state index contributed by atoms with van der Waals surface area (Å²) in [5.74, 6) is -1.29. The maximum Gasteiger partial charge on any atom is 0.304 e. The van der Waals surface area contributed by atoms with Crippen LogP contribution in [0.15, 0.2) is 78.9 Å². The largest absolute Gasteiger partial charge is 0.344 e. The molecule has 8 heteroatoms. The molecule has 0 heterocycles. The van der Waals surface area contributed by atoms with E-state index in [-0.39, 0.29) is 5.69 Å². The van der Waals surface area contributed by atoms with Gasteiger partial charge in [0.15, 0.2) is 0 Å². The smallest absolute Gasteiger partial charge is 0.304 e. The van der Waals surface area contributed by atoms with Crippen molar-refractivity contribution in [1.29, 1.82) is 0 Å². The van der Waals surface area contributed by atoms with Gasteiger partial charge in [-0.25, -0.2) is 8.70 Å². The molecule has 0 unspecified atom stereocenters. The lowest BCUT2D eigenvalue weighted by atomic mass is 9.95. The molecule has 0 radical (unpaired) electrons. The molecule has 1 N–H and O–H groups in total. The Balaban J connectivity index is 1.96. The number of para-hydroxylation sites is 1. The van der Waals surface area contributed by atoms with Crippen molar-refractivity contribution in [3.05, 3.63) is 101 Å². The molecule has 0 saturated heterocycles. The second-order valence-corrected chi connectivity index (χ2v) is 9.58. The molecule has 32 heavy (non-hydrogen) atoms. The van der Waals surface area contributed by atoms with Gasteiger partial charge in [0.2, 0.25) is 5.91 Å². The summed E-state index contributed by atoms with van der Waals surface area (Å²) in [6.45, 7) is 1.37. The van der Waals surface area contributed by atoms with Gasteiger partial charge in [0.1, 0.15) is 12.4 Å². The van der Waals surface area contributed by atoms with Crippen LogP contribution in [0, 0.1) is 12.7 Å². The third-order valence-corrected chi connectivity index (χ3v) is 6.89. The number of benzene rings is 3. The van der Waals surface area contributed by atoms with Crippen LogP contribution < -0.4 is 9.62 Å². The van der Waals surface area contributed by atoms with Gasteiger partial charge in [0.05, 0.1) is 11.7 Å². The van der Waals surface area contributed by atoms with E-state index in [2.05, 4.69) is 5.32 Å². The first-order valence-electron chi connectivity index (χ1n) is 10.1. The van der Waals surface area contributed by atoms with Crippen LogP contribution in [0.2, 0.25) is 0 Å². The van der Waals surface area contributed by atoms with Crippen molar-refractivity contribution < 1.29 is 17.6 Å². The monoisotopic (exact) mass is 455 g/mol. The van der Waals surface area contributed by atoms with Crippen molar-refractivity contribution >= 4 is 21.8 Å². The van der Waals surface area contributed by atoms with Crippen LogP contribution in [0.4, 0.5) is 10.1 Å². The Hall–Kier alpha value is -3.23. The number of carbonyl (C=O) groups is 1. The summed E-state index contributed by atoms with van der Waals surface area (Å²) in [6.07, 6.45) is 0. The molecule has 3 aromatic rings. The molecule has 1 atom stereocenters. The highest BCUT2D eigenvalue weighted by atomic mass is 32.2. The highest BCUT2D eigenvalue weighted by Crippen LogP contribution is 2.26. The van der Waals surface area contributed by atoms with Gasteiger partial charge in [0, 0.05) is 14.1 Å². The van der Waals surface area contributed by atoms with E-state index in [1.165, 1.54) is 32.3 Å². The minimum absolute atomic E-state index is 0.191. The van der Waals surface area contributed by atoms with Crippen LogP contribution in [-0.2, 0) is 15.0 Å². The number of carbonyl (C=O) groups excluding carboxylic acids is 1. The summed E-state index contributed by atoms with van der Waals surface area (Å²) in [5.41, 5.74) is 2.53.